The average Bonchev–Trinajstić information content (AvgIpc) is 2.37. The second-order valence-electron chi connectivity index (χ2n) is 3.80. The van der Waals surface area contributed by atoms with Crippen LogP contribution < -0.4 is 0 Å². The van der Waals surface area contributed by atoms with Crippen molar-refractivity contribution in [3.05, 3.63) is 34.4 Å². The van der Waals surface area contributed by atoms with Crippen molar-refractivity contribution in [2.45, 2.75) is 19.5 Å². The van der Waals surface area contributed by atoms with Crippen LogP contribution in [0.4, 0.5) is 13.2 Å². The molecule has 0 atom stereocenters. The molecule has 0 spiro atoms. The zero-order valence-electron chi connectivity index (χ0n) is 10.5. The molecule has 0 N–H and O–H groups in total. The number of esters is 1. The summed E-state index contributed by atoms with van der Waals surface area (Å²) in [5.74, 6) is -0.867. The quantitative estimate of drug-likeness (QED) is 0.629. The molecule has 1 aromatic carbocycles. The van der Waals surface area contributed by atoms with Gasteiger partial charge in [-0.3, -0.25) is 9.59 Å². The number of carbonyl (C=O) groups excluding carboxylic acids is 2. The molecule has 20 heavy (non-hydrogen) atoms. The number of benzene rings is 1. The molecular weight excluding hydrogens is 275 g/mol. The Kier molecular flexibility index (Phi) is 4.86. The fraction of sp³-hybridized carbons (Fsp3) is 0.308. The van der Waals surface area contributed by atoms with Gasteiger partial charge in [-0.25, -0.2) is 0 Å². The van der Waals surface area contributed by atoms with Gasteiger partial charge >= 0.3 is 12.1 Å². The number of rotatable bonds is 4. The maximum absolute atomic E-state index is 12.9. The Hall–Kier alpha value is -2.36. The zero-order chi connectivity index (χ0) is 15.3. The highest BCUT2D eigenvalue weighted by molar-refractivity contribution is 5.79. The molecule has 1 aromatic rings. The summed E-state index contributed by atoms with van der Waals surface area (Å²) in [4.78, 5) is 22.0. The van der Waals surface area contributed by atoms with E-state index in [4.69, 9.17) is 5.26 Å². The lowest BCUT2D eigenvalue weighted by molar-refractivity contribution is -0.143. The second kappa shape index (κ2) is 6.19. The van der Waals surface area contributed by atoms with E-state index in [0.717, 1.165) is 6.07 Å². The van der Waals surface area contributed by atoms with Crippen molar-refractivity contribution < 1.29 is 27.5 Å². The topological polar surface area (TPSA) is 67.2 Å². The molecule has 0 amide bonds. The van der Waals surface area contributed by atoms with E-state index in [-0.39, 0.29) is 24.0 Å². The fourth-order valence-electron chi connectivity index (χ4n) is 1.66. The van der Waals surface area contributed by atoms with Crippen molar-refractivity contribution >= 4 is 12.3 Å². The summed E-state index contributed by atoms with van der Waals surface area (Å²) >= 11 is 0. The zero-order valence-corrected chi connectivity index (χ0v) is 10.5. The molecule has 4 nitrogen and oxygen atoms in total. The van der Waals surface area contributed by atoms with Crippen molar-refractivity contribution in [2.75, 3.05) is 6.61 Å². The minimum Gasteiger partial charge on any atom is -0.466 e. The van der Waals surface area contributed by atoms with Crippen LogP contribution in [0.3, 0.4) is 0 Å². The highest BCUT2D eigenvalue weighted by Crippen LogP contribution is 2.34. The van der Waals surface area contributed by atoms with Gasteiger partial charge in [0.2, 0.25) is 0 Å². The number of hydrogen-bond donors (Lipinski definition) is 0. The Morgan fingerprint density at radius 3 is 2.55 bits per heavy atom. The number of nitriles is 1. The number of ether oxygens (including phenoxy) is 1. The van der Waals surface area contributed by atoms with Crippen LogP contribution in [0.5, 0.6) is 0 Å². The minimum atomic E-state index is -4.77. The summed E-state index contributed by atoms with van der Waals surface area (Å²) in [7, 11) is 0. The molecule has 0 heterocycles. The summed E-state index contributed by atoms with van der Waals surface area (Å²) in [6.45, 7) is 1.54. The number of carbonyl (C=O) groups is 2. The molecular formula is C13H10F3NO3. The summed E-state index contributed by atoms with van der Waals surface area (Å²) < 4.78 is 43.4. The van der Waals surface area contributed by atoms with Crippen molar-refractivity contribution in [1.29, 1.82) is 5.26 Å². The summed E-state index contributed by atoms with van der Waals surface area (Å²) in [5.41, 5.74) is -2.30. The van der Waals surface area contributed by atoms with Gasteiger partial charge in [0.25, 0.3) is 0 Å². The fourth-order valence-corrected chi connectivity index (χ4v) is 1.66. The Morgan fingerprint density at radius 2 is 2.10 bits per heavy atom. The van der Waals surface area contributed by atoms with Crippen molar-refractivity contribution in [3.63, 3.8) is 0 Å². The Bertz CT molecular complexity index is 573. The van der Waals surface area contributed by atoms with Crippen molar-refractivity contribution in [2.24, 2.45) is 0 Å². The SMILES string of the molecule is CCOC(=O)Cc1c(C#N)cc(C=O)cc1C(F)(F)F. The van der Waals surface area contributed by atoms with Gasteiger partial charge in [0.05, 0.1) is 30.2 Å². The predicted molar refractivity (Wildman–Crippen MR) is 61.9 cm³/mol. The van der Waals surface area contributed by atoms with E-state index in [2.05, 4.69) is 4.74 Å². The van der Waals surface area contributed by atoms with E-state index >= 15 is 0 Å². The van der Waals surface area contributed by atoms with Gasteiger partial charge in [-0.1, -0.05) is 0 Å². The first-order valence-electron chi connectivity index (χ1n) is 5.58. The van der Waals surface area contributed by atoms with Crippen LogP contribution in [-0.2, 0) is 22.1 Å². The van der Waals surface area contributed by atoms with Crippen LogP contribution in [0.2, 0.25) is 0 Å². The molecule has 0 bridgehead atoms. The molecule has 0 saturated heterocycles. The molecule has 0 unspecified atom stereocenters. The Morgan fingerprint density at radius 1 is 1.45 bits per heavy atom. The lowest BCUT2D eigenvalue weighted by Crippen LogP contribution is -2.16. The molecule has 0 radical (unpaired) electrons. The summed E-state index contributed by atoms with van der Waals surface area (Å²) in [5, 5.41) is 8.89. The van der Waals surface area contributed by atoms with Gasteiger partial charge in [0.1, 0.15) is 6.29 Å². The molecule has 0 aromatic heterocycles. The molecule has 0 aliphatic carbocycles. The molecule has 1 rings (SSSR count). The Balaban J connectivity index is 3.42. The van der Waals surface area contributed by atoms with Gasteiger partial charge in [-0.15, -0.1) is 0 Å². The van der Waals surface area contributed by atoms with Crippen LogP contribution >= 0.6 is 0 Å². The van der Waals surface area contributed by atoms with Gasteiger partial charge < -0.3 is 4.74 Å². The third kappa shape index (κ3) is 3.57. The average molecular weight is 285 g/mol. The van der Waals surface area contributed by atoms with Gasteiger partial charge in [-0.05, 0) is 24.6 Å². The molecule has 7 heteroatoms. The van der Waals surface area contributed by atoms with Crippen LogP contribution in [0.1, 0.15) is 34.0 Å². The largest absolute Gasteiger partial charge is 0.466 e. The van der Waals surface area contributed by atoms with E-state index < -0.39 is 29.7 Å². The number of halogens is 3. The third-order valence-corrected chi connectivity index (χ3v) is 2.46. The smallest absolute Gasteiger partial charge is 0.416 e. The standard InChI is InChI=1S/C13H10F3NO3/c1-2-20-12(19)5-10-9(6-17)3-8(7-18)4-11(10)13(14,15)16/h3-4,7H,2,5H2,1H3. The van der Waals surface area contributed by atoms with Gasteiger partial charge in [0.15, 0.2) is 0 Å². The molecule has 0 fully saturated rings. The Labute approximate surface area is 112 Å². The van der Waals surface area contributed by atoms with E-state index in [1.165, 1.54) is 6.92 Å². The van der Waals surface area contributed by atoms with E-state index in [0.29, 0.717) is 6.07 Å². The number of aldehydes is 1. The van der Waals surface area contributed by atoms with Crippen LogP contribution in [0.15, 0.2) is 12.1 Å². The normalized spacial score (nSPS) is 10.8. The predicted octanol–water partition coefficient (Wildman–Crippen LogP) is 2.50. The lowest BCUT2D eigenvalue weighted by Gasteiger charge is -2.14. The number of hydrogen-bond acceptors (Lipinski definition) is 4. The second-order valence-corrected chi connectivity index (χ2v) is 3.80. The first-order valence-corrected chi connectivity index (χ1v) is 5.58. The summed E-state index contributed by atoms with van der Waals surface area (Å²) in [6.07, 6.45) is -5.23. The highest BCUT2D eigenvalue weighted by atomic mass is 19.4. The van der Waals surface area contributed by atoms with Crippen LogP contribution in [-0.4, -0.2) is 18.9 Å². The maximum Gasteiger partial charge on any atom is 0.416 e. The molecule has 0 saturated carbocycles. The molecule has 106 valence electrons. The van der Waals surface area contributed by atoms with E-state index in [1.807, 2.05) is 0 Å². The third-order valence-electron chi connectivity index (χ3n) is 2.46. The molecule has 0 aliphatic heterocycles. The number of nitrogens with zero attached hydrogens (tertiary/aromatic N) is 1. The van der Waals surface area contributed by atoms with Gasteiger partial charge in [0, 0.05) is 5.56 Å². The summed E-state index contributed by atoms with van der Waals surface area (Å²) in [6, 6.07) is 3.19. The van der Waals surface area contributed by atoms with Gasteiger partial charge in [-0.2, -0.15) is 18.4 Å². The van der Waals surface area contributed by atoms with Crippen LogP contribution in [0.25, 0.3) is 0 Å². The minimum absolute atomic E-state index is 0.0223. The molecule has 0 aliphatic rings. The lowest BCUT2D eigenvalue weighted by atomic mass is 9.95. The highest BCUT2D eigenvalue weighted by Gasteiger charge is 2.35. The van der Waals surface area contributed by atoms with Crippen molar-refractivity contribution in [3.8, 4) is 6.07 Å². The van der Waals surface area contributed by atoms with Crippen LogP contribution in [0, 0.1) is 11.3 Å². The first kappa shape index (κ1) is 15.7. The maximum atomic E-state index is 12.9. The number of alkyl halides is 3. The first-order chi connectivity index (χ1) is 9.33. The van der Waals surface area contributed by atoms with E-state index in [1.54, 1.807) is 6.07 Å². The monoisotopic (exact) mass is 285 g/mol. The van der Waals surface area contributed by atoms with Crippen molar-refractivity contribution in [1.82, 2.24) is 0 Å². The van der Waals surface area contributed by atoms with E-state index in [9.17, 15) is 22.8 Å².